The first kappa shape index (κ1) is 27.1. The second-order valence-electron chi connectivity index (χ2n) is 14.6. The van der Waals surface area contributed by atoms with Gasteiger partial charge in [-0.25, -0.2) is 0 Å². The first-order chi connectivity index (χ1) is 16.7. The number of hydrogen-bond donors (Lipinski definition) is 4. The van der Waals surface area contributed by atoms with Gasteiger partial charge in [0.15, 0.2) is 0 Å². The van der Waals surface area contributed by atoms with Crippen molar-refractivity contribution in [3.63, 3.8) is 0 Å². The van der Waals surface area contributed by atoms with Crippen molar-refractivity contribution >= 4 is 5.78 Å². The van der Waals surface area contributed by atoms with E-state index in [1.54, 1.807) is 0 Å². The van der Waals surface area contributed by atoms with E-state index in [1.807, 2.05) is 6.92 Å². The highest BCUT2D eigenvalue weighted by Gasteiger charge is 2.78. The Hall–Kier alpha value is -0.530. The maximum absolute atomic E-state index is 14.2. The predicted molar refractivity (Wildman–Crippen MR) is 137 cm³/mol. The van der Waals surface area contributed by atoms with E-state index in [2.05, 4.69) is 41.5 Å². The maximum Gasteiger partial charge on any atom is 0.147 e. The van der Waals surface area contributed by atoms with Crippen LogP contribution >= 0.6 is 0 Å². The van der Waals surface area contributed by atoms with Crippen LogP contribution in [0, 0.1) is 57.7 Å². The molecule has 1 heterocycles. The lowest BCUT2D eigenvalue weighted by Crippen LogP contribution is -2.63. The molecule has 0 aromatic rings. The van der Waals surface area contributed by atoms with Crippen LogP contribution in [0.2, 0.25) is 0 Å². The van der Waals surface area contributed by atoms with Crippen molar-refractivity contribution in [1.29, 1.82) is 0 Å². The molecule has 5 fully saturated rings. The van der Waals surface area contributed by atoms with Crippen molar-refractivity contribution in [2.24, 2.45) is 57.7 Å². The average Bonchev–Trinajstić information content (AvgIpc) is 3.66. The van der Waals surface area contributed by atoms with Gasteiger partial charge in [0.2, 0.25) is 0 Å². The van der Waals surface area contributed by atoms with Crippen molar-refractivity contribution in [3.8, 4) is 0 Å². The highest BCUT2D eigenvalue weighted by molar-refractivity contribution is 5.91. The molecule has 5 rings (SSSR count). The second kappa shape index (κ2) is 8.48. The number of epoxide rings is 1. The molecule has 206 valence electrons. The molecule has 1 saturated heterocycles. The molecule has 0 amide bonds. The minimum atomic E-state index is -1.03. The van der Waals surface area contributed by atoms with E-state index in [4.69, 9.17) is 4.74 Å². The van der Waals surface area contributed by atoms with Crippen LogP contribution in [0.4, 0.5) is 0 Å². The van der Waals surface area contributed by atoms with Crippen LogP contribution in [0.5, 0.6) is 0 Å². The third kappa shape index (κ3) is 3.43. The third-order valence-corrected chi connectivity index (χ3v) is 13.0. The monoisotopic (exact) mass is 506 g/mol. The van der Waals surface area contributed by atoms with Crippen LogP contribution in [-0.4, -0.2) is 62.8 Å². The van der Waals surface area contributed by atoms with Gasteiger partial charge in [0.05, 0.1) is 29.8 Å². The van der Waals surface area contributed by atoms with Gasteiger partial charge in [-0.2, -0.15) is 0 Å². The smallest absolute Gasteiger partial charge is 0.147 e. The van der Waals surface area contributed by atoms with E-state index in [0.717, 1.165) is 0 Å². The Bertz CT molecular complexity index is 891. The Labute approximate surface area is 217 Å². The summed E-state index contributed by atoms with van der Waals surface area (Å²) in [6.45, 7) is 15.7. The highest BCUT2D eigenvalue weighted by Crippen LogP contribution is 2.70. The molecule has 4 aliphatic carbocycles. The molecule has 5 aliphatic rings. The van der Waals surface area contributed by atoms with Gasteiger partial charge in [0.25, 0.3) is 0 Å². The van der Waals surface area contributed by atoms with Gasteiger partial charge in [0.1, 0.15) is 11.4 Å². The minimum absolute atomic E-state index is 0.0198. The number of ketones is 1. The third-order valence-electron chi connectivity index (χ3n) is 13.0. The quantitative estimate of drug-likeness (QED) is 0.393. The normalized spacial score (nSPS) is 55.7. The zero-order valence-corrected chi connectivity index (χ0v) is 23.4. The molecular weight excluding hydrogens is 456 g/mol. The molecule has 14 atom stereocenters. The van der Waals surface area contributed by atoms with Crippen LogP contribution in [0.15, 0.2) is 0 Å². The maximum atomic E-state index is 14.2. The molecule has 36 heavy (non-hydrogen) atoms. The molecule has 0 radical (unpaired) electrons. The zero-order valence-electron chi connectivity index (χ0n) is 23.4. The SMILES string of the molecule is CC(C)C(C)C1(C)CC1C(C)C1C(O)CC(C2CC3OC34CC(O)CC(O)C4(C)C2=O)C1(C)CCO. The van der Waals surface area contributed by atoms with Crippen LogP contribution in [0.3, 0.4) is 0 Å². The standard InChI is InChI=1S/C30H50O6/c1-15(2)17(4)28(6)14-21(28)16(3)25-22(33)12-20(27(25,5)8-9-31)19-11-24-30(36-24)13-18(32)10-23(34)29(30,7)26(19)35/h15-25,31-34H,8-14H2,1-7H3. The van der Waals surface area contributed by atoms with E-state index in [1.165, 1.54) is 6.42 Å². The summed E-state index contributed by atoms with van der Waals surface area (Å²) in [7, 11) is 0. The van der Waals surface area contributed by atoms with Crippen molar-refractivity contribution in [2.45, 2.75) is 117 Å². The van der Waals surface area contributed by atoms with Crippen molar-refractivity contribution < 1.29 is 30.0 Å². The number of aliphatic hydroxyl groups is 4. The number of Topliss-reactive ketones (excluding diaryl/α,β-unsaturated/α-hetero) is 1. The second-order valence-corrected chi connectivity index (χ2v) is 14.6. The van der Waals surface area contributed by atoms with Gasteiger partial charge >= 0.3 is 0 Å². The van der Waals surface area contributed by atoms with Gasteiger partial charge in [-0.15, -0.1) is 0 Å². The summed E-state index contributed by atoms with van der Waals surface area (Å²) in [6.07, 6.45) is 1.24. The molecule has 0 aromatic heterocycles. The Kier molecular flexibility index (Phi) is 6.37. The lowest BCUT2D eigenvalue weighted by Gasteiger charge is -2.51. The van der Waals surface area contributed by atoms with Crippen LogP contribution < -0.4 is 0 Å². The Morgan fingerprint density at radius 2 is 1.67 bits per heavy atom. The molecule has 0 aromatic carbocycles. The number of hydrogen-bond acceptors (Lipinski definition) is 6. The number of rotatable bonds is 7. The highest BCUT2D eigenvalue weighted by atomic mass is 16.6. The Morgan fingerprint density at radius 3 is 2.28 bits per heavy atom. The summed E-state index contributed by atoms with van der Waals surface area (Å²) in [5, 5.41) is 43.1. The van der Waals surface area contributed by atoms with Crippen LogP contribution in [-0.2, 0) is 9.53 Å². The molecule has 1 aliphatic heterocycles. The summed E-state index contributed by atoms with van der Waals surface area (Å²) in [5.74, 6) is 1.72. The fourth-order valence-electron chi connectivity index (χ4n) is 10.2. The molecule has 4 saturated carbocycles. The first-order valence-corrected chi connectivity index (χ1v) is 14.6. The summed E-state index contributed by atoms with van der Waals surface area (Å²) < 4.78 is 6.17. The number of aliphatic hydroxyl groups excluding tert-OH is 4. The van der Waals surface area contributed by atoms with Crippen molar-refractivity contribution in [3.05, 3.63) is 0 Å². The van der Waals surface area contributed by atoms with E-state index < -0.39 is 29.3 Å². The molecule has 6 nitrogen and oxygen atoms in total. The number of carbonyl (C=O) groups is 1. The number of carbonyl (C=O) groups excluding carboxylic acids is 1. The molecule has 4 N–H and O–H groups in total. The lowest BCUT2D eigenvalue weighted by molar-refractivity contribution is -0.162. The Morgan fingerprint density at radius 1 is 1.00 bits per heavy atom. The number of ether oxygens (including phenoxy) is 1. The molecule has 14 unspecified atom stereocenters. The van der Waals surface area contributed by atoms with Gasteiger partial charge in [0, 0.05) is 25.4 Å². The van der Waals surface area contributed by atoms with E-state index >= 15 is 0 Å². The fourth-order valence-corrected chi connectivity index (χ4v) is 10.2. The molecule has 1 spiro atoms. The summed E-state index contributed by atoms with van der Waals surface area (Å²) in [5.41, 5.74) is -1.88. The van der Waals surface area contributed by atoms with Crippen LogP contribution in [0.1, 0.15) is 87.0 Å². The van der Waals surface area contributed by atoms with Crippen LogP contribution in [0.25, 0.3) is 0 Å². The summed E-state index contributed by atoms with van der Waals surface area (Å²) in [4.78, 5) is 14.2. The van der Waals surface area contributed by atoms with Crippen molar-refractivity contribution in [1.82, 2.24) is 0 Å². The zero-order chi connectivity index (χ0) is 26.6. The summed E-state index contributed by atoms with van der Waals surface area (Å²) >= 11 is 0. The fraction of sp³-hybridized carbons (Fsp3) is 0.967. The van der Waals surface area contributed by atoms with Gasteiger partial charge in [-0.1, -0.05) is 41.5 Å². The predicted octanol–water partition coefficient (Wildman–Crippen LogP) is 3.58. The topological polar surface area (TPSA) is 111 Å². The van der Waals surface area contributed by atoms with E-state index in [0.29, 0.717) is 49.4 Å². The van der Waals surface area contributed by atoms with Gasteiger partial charge < -0.3 is 25.2 Å². The first-order valence-electron chi connectivity index (χ1n) is 14.6. The van der Waals surface area contributed by atoms with Gasteiger partial charge in [-0.3, -0.25) is 4.79 Å². The molecular formula is C30H50O6. The largest absolute Gasteiger partial charge is 0.396 e. The summed E-state index contributed by atoms with van der Waals surface area (Å²) in [6, 6.07) is 0. The minimum Gasteiger partial charge on any atom is -0.396 e. The molecule has 0 bridgehead atoms. The van der Waals surface area contributed by atoms with E-state index in [9.17, 15) is 25.2 Å². The Balaban J connectivity index is 1.44. The van der Waals surface area contributed by atoms with E-state index in [-0.39, 0.29) is 53.5 Å². The lowest BCUT2D eigenvalue weighted by atomic mass is 9.51. The van der Waals surface area contributed by atoms with Crippen molar-refractivity contribution in [2.75, 3.05) is 6.61 Å². The van der Waals surface area contributed by atoms with Gasteiger partial charge in [-0.05, 0) is 78.9 Å². The average molecular weight is 507 g/mol. The molecule has 6 heteroatoms.